The maximum absolute atomic E-state index is 11.9. The van der Waals surface area contributed by atoms with Gasteiger partial charge in [-0.05, 0) is 63.0 Å². The van der Waals surface area contributed by atoms with Crippen molar-refractivity contribution in [1.82, 2.24) is 0 Å². The Balaban J connectivity index is 0.00000122. The van der Waals surface area contributed by atoms with E-state index in [0.29, 0.717) is 12.0 Å². The lowest BCUT2D eigenvalue weighted by Gasteiger charge is -2.26. The number of esters is 1. The molecule has 1 fully saturated rings. The highest BCUT2D eigenvalue weighted by Gasteiger charge is 2.21. The molecule has 0 bridgehead atoms. The van der Waals surface area contributed by atoms with Crippen molar-refractivity contribution >= 4 is 11.9 Å². The Labute approximate surface area is 265 Å². The van der Waals surface area contributed by atoms with Crippen LogP contribution >= 0.6 is 0 Å². The maximum atomic E-state index is 11.9. The summed E-state index contributed by atoms with van der Waals surface area (Å²) in [4.78, 5) is 23.3. The zero-order chi connectivity index (χ0) is 32.0. The van der Waals surface area contributed by atoms with Gasteiger partial charge in [-0.3, -0.25) is 9.59 Å². The largest absolute Gasteiger partial charge is 0.481 e. The summed E-state index contributed by atoms with van der Waals surface area (Å²) >= 11 is 0. The van der Waals surface area contributed by atoms with Crippen LogP contribution in [0.2, 0.25) is 0 Å². The number of hydrogen-bond donors (Lipinski definition) is 2. The molecule has 43 heavy (non-hydrogen) atoms. The molecule has 5 heteroatoms. The van der Waals surface area contributed by atoms with Gasteiger partial charge in [0.25, 0.3) is 0 Å². The maximum Gasteiger partial charge on any atom is 0.314 e. The third-order valence-corrected chi connectivity index (χ3v) is 8.30. The predicted molar refractivity (Wildman–Crippen MR) is 183 cm³/mol. The fourth-order valence-corrected chi connectivity index (χ4v) is 5.81. The number of hydrogen-bond acceptors (Lipinski definition) is 4. The number of rotatable bonds is 21. The molecule has 0 amide bonds. The van der Waals surface area contributed by atoms with Crippen LogP contribution in [-0.2, 0) is 14.3 Å². The molecule has 0 saturated heterocycles. The molecule has 0 radical (unpaired) electrons. The van der Waals surface area contributed by atoms with E-state index in [1.165, 1.54) is 103 Å². The molecule has 0 heterocycles. The Morgan fingerprint density at radius 2 is 1.44 bits per heavy atom. The molecule has 0 aliphatic heterocycles. The van der Waals surface area contributed by atoms with Crippen LogP contribution in [0.15, 0.2) is 42.5 Å². The summed E-state index contributed by atoms with van der Waals surface area (Å²) in [6.45, 7) is 6.85. The molecule has 3 unspecified atom stereocenters. The second-order valence-electron chi connectivity index (χ2n) is 12.2. The molecular formula is C38H67NO4. The normalized spacial score (nSPS) is 16.9. The lowest BCUT2D eigenvalue weighted by molar-refractivity contribution is -0.148. The summed E-state index contributed by atoms with van der Waals surface area (Å²) in [6, 6.07) is 8.91. The van der Waals surface area contributed by atoms with Crippen molar-refractivity contribution in [1.29, 1.82) is 0 Å². The molecule has 2 rings (SSSR count). The van der Waals surface area contributed by atoms with E-state index in [-0.39, 0.29) is 12.6 Å². The van der Waals surface area contributed by atoms with E-state index < -0.39 is 11.9 Å². The number of nitrogens with two attached hydrogens (primary N) is 1. The number of aliphatic carboxylic acids is 1. The van der Waals surface area contributed by atoms with E-state index in [2.05, 4.69) is 38.7 Å². The molecule has 1 aliphatic carbocycles. The lowest BCUT2D eigenvalue weighted by atomic mass is 9.80. The quantitative estimate of drug-likeness (QED) is 0.0831. The second-order valence-corrected chi connectivity index (χ2v) is 12.2. The third-order valence-electron chi connectivity index (χ3n) is 8.30. The van der Waals surface area contributed by atoms with Crippen LogP contribution < -0.4 is 5.73 Å². The molecular weight excluding hydrogens is 534 g/mol. The van der Waals surface area contributed by atoms with Crippen molar-refractivity contribution < 1.29 is 19.4 Å². The van der Waals surface area contributed by atoms with E-state index in [4.69, 9.17) is 4.74 Å². The number of benzene rings is 1. The minimum atomic E-state index is -0.972. The van der Waals surface area contributed by atoms with E-state index in [1.807, 2.05) is 6.07 Å². The average Bonchev–Trinajstić information content (AvgIpc) is 3.01. The Kier molecular flexibility index (Phi) is 28.4. The second kappa shape index (κ2) is 29.9. The Bertz CT molecular complexity index is 792. The minimum absolute atomic E-state index is 0.108. The van der Waals surface area contributed by atoms with Crippen LogP contribution in [-0.4, -0.2) is 30.7 Å². The van der Waals surface area contributed by atoms with Crippen LogP contribution in [0.3, 0.4) is 0 Å². The fraction of sp³-hybridized carbons (Fsp3) is 0.737. The van der Waals surface area contributed by atoms with Crippen molar-refractivity contribution in [2.45, 2.75) is 155 Å². The van der Waals surface area contributed by atoms with Gasteiger partial charge in [0.1, 0.15) is 12.5 Å². The monoisotopic (exact) mass is 602 g/mol. The summed E-state index contributed by atoms with van der Waals surface area (Å²) in [7, 11) is 1.50. The molecule has 1 aromatic rings. The molecule has 5 nitrogen and oxygen atoms in total. The van der Waals surface area contributed by atoms with Gasteiger partial charge in [-0.2, -0.15) is 0 Å². The molecule has 1 aromatic carbocycles. The smallest absolute Gasteiger partial charge is 0.314 e. The number of ether oxygens (including phenoxy) is 1. The Morgan fingerprint density at radius 3 is 2.00 bits per heavy atom. The van der Waals surface area contributed by atoms with Crippen molar-refractivity contribution in [2.75, 3.05) is 13.7 Å². The Hall–Kier alpha value is -2.14. The van der Waals surface area contributed by atoms with Crippen molar-refractivity contribution in [3.8, 4) is 0 Å². The highest BCUT2D eigenvalue weighted by molar-refractivity contribution is 5.77. The van der Waals surface area contributed by atoms with Gasteiger partial charge in [0.2, 0.25) is 0 Å². The summed E-state index contributed by atoms with van der Waals surface area (Å²) in [5, 5.41) is 9.36. The van der Waals surface area contributed by atoms with E-state index in [1.54, 1.807) is 24.3 Å². The number of carboxylic acids is 1. The van der Waals surface area contributed by atoms with Gasteiger partial charge in [0, 0.05) is 6.42 Å². The molecule has 0 spiro atoms. The molecule has 0 aromatic heterocycles. The summed E-state index contributed by atoms with van der Waals surface area (Å²) in [5.74, 6) is 0.0122. The minimum Gasteiger partial charge on any atom is -0.481 e. The third kappa shape index (κ3) is 23.9. The average molecular weight is 602 g/mol. The van der Waals surface area contributed by atoms with E-state index >= 15 is 0 Å². The predicted octanol–water partition coefficient (Wildman–Crippen LogP) is 10.6. The van der Waals surface area contributed by atoms with Crippen LogP contribution in [0, 0.1) is 11.8 Å². The summed E-state index contributed by atoms with van der Waals surface area (Å²) in [6.07, 6.45) is 29.7. The number of carbonyl (C=O) groups excluding carboxylic acids is 1. The molecule has 1 saturated carbocycles. The number of unbranched alkanes of at least 4 members (excludes halogenated alkanes) is 11. The molecule has 248 valence electrons. The molecule has 3 N–H and O–H groups in total. The standard InChI is InChI=1S/C27H42O4.C10H20.CH5N/c1-2-3-4-5-6-7-8-9-10-11-12-13-14-15-19-22-26(28)31-23-25(27(29)30)24-20-17-16-18-21-24;1-3-5-10-7-4-6-9(2)8-10;1-2/h9-10,16-18,20-21,25H,2-8,11-15,19,22-23H2,1H3,(H,29,30);9-10H,3-8H2,1-2H3;2H2,1H3/b10-9-;;. The van der Waals surface area contributed by atoms with Crippen LogP contribution in [0.5, 0.6) is 0 Å². The van der Waals surface area contributed by atoms with Gasteiger partial charge < -0.3 is 15.6 Å². The zero-order valence-electron chi connectivity index (χ0n) is 28.4. The first-order valence-electron chi connectivity index (χ1n) is 17.6. The summed E-state index contributed by atoms with van der Waals surface area (Å²) < 4.78 is 5.21. The zero-order valence-corrected chi connectivity index (χ0v) is 28.4. The van der Waals surface area contributed by atoms with Crippen molar-refractivity contribution in [3.63, 3.8) is 0 Å². The topological polar surface area (TPSA) is 89.6 Å². The fourth-order valence-electron chi connectivity index (χ4n) is 5.81. The first kappa shape index (κ1) is 40.9. The highest BCUT2D eigenvalue weighted by Crippen LogP contribution is 2.31. The molecule has 3 atom stereocenters. The van der Waals surface area contributed by atoms with Crippen LogP contribution in [0.1, 0.15) is 161 Å². The van der Waals surface area contributed by atoms with Crippen LogP contribution in [0.4, 0.5) is 0 Å². The van der Waals surface area contributed by atoms with E-state index in [9.17, 15) is 14.7 Å². The van der Waals surface area contributed by atoms with Crippen molar-refractivity contribution in [2.24, 2.45) is 17.6 Å². The Morgan fingerprint density at radius 1 is 0.860 bits per heavy atom. The summed E-state index contributed by atoms with van der Waals surface area (Å²) in [5.41, 5.74) is 5.16. The van der Waals surface area contributed by atoms with Crippen molar-refractivity contribution in [3.05, 3.63) is 48.0 Å². The highest BCUT2D eigenvalue weighted by atomic mass is 16.5. The van der Waals surface area contributed by atoms with Gasteiger partial charge in [-0.25, -0.2) is 0 Å². The van der Waals surface area contributed by atoms with Gasteiger partial charge in [-0.1, -0.05) is 147 Å². The van der Waals surface area contributed by atoms with E-state index in [0.717, 1.165) is 37.5 Å². The SMILES string of the molecule is CCCC1CCCC(C)C1.CCCCCCCC/C=C\CCCCCCCC(=O)OCC(C(=O)O)c1ccccc1.CN. The van der Waals surface area contributed by atoms with Gasteiger partial charge in [0.15, 0.2) is 0 Å². The van der Waals surface area contributed by atoms with Gasteiger partial charge in [-0.15, -0.1) is 0 Å². The first-order chi connectivity index (χ1) is 21.0. The first-order valence-corrected chi connectivity index (χ1v) is 17.6. The van der Waals surface area contributed by atoms with Gasteiger partial charge >= 0.3 is 11.9 Å². The van der Waals surface area contributed by atoms with Crippen LogP contribution in [0.25, 0.3) is 0 Å². The van der Waals surface area contributed by atoms with Gasteiger partial charge in [0.05, 0.1) is 0 Å². The number of carboxylic acid groups (broad SMARTS) is 1. The molecule has 1 aliphatic rings. The number of allylic oxidation sites excluding steroid dienone is 2. The number of carbonyl (C=O) groups is 2. The lowest BCUT2D eigenvalue weighted by Crippen LogP contribution is -2.20.